The van der Waals surface area contributed by atoms with Crippen molar-refractivity contribution >= 4 is 27.8 Å². The van der Waals surface area contributed by atoms with Crippen LogP contribution in [0.25, 0.3) is 27.5 Å². The number of anilines is 1. The molecule has 2 aromatic heterocycles. The summed E-state index contributed by atoms with van der Waals surface area (Å²) in [5.74, 6) is 1.21. The minimum atomic E-state index is -0.236. The number of nitrogens with zero attached hydrogens (tertiary/aromatic N) is 3. The van der Waals surface area contributed by atoms with Crippen molar-refractivity contribution in [2.24, 2.45) is 0 Å². The molecule has 2 heterocycles. The average Bonchev–Trinajstić information content (AvgIpc) is 3.22. The maximum atomic E-state index is 12.4. The second-order valence-electron chi connectivity index (χ2n) is 6.80. The molecule has 30 heavy (non-hydrogen) atoms. The van der Waals surface area contributed by atoms with Crippen LogP contribution in [-0.4, -0.2) is 32.9 Å². The first-order valence-electron chi connectivity index (χ1n) is 9.67. The standard InChI is InChI=1S/C23H19N5O2/c29-22-19-15-25-28(17-9-2-1-3-10-17)21(19)26-23(27-22)24-13-14-30-20-12-6-8-16-7-4-5-11-18(16)20/h1-12,15H,13-14H2,(H2,24,26,27,29). The molecule has 2 N–H and O–H groups in total. The van der Waals surface area contributed by atoms with Gasteiger partial charge in [-0.05, 0) is 23.6 Å². The normalized spacial score (nSPS) is 11.1. The van der Waals surface area contributed by atoms with Crippen molar-refractivity contribution < 1.29 is 4.74 Å². The van der Waals surface area contributed by atoms with E-state index >= 15 is 0 Å². The lowest BCUT2D eigenvalue weighted by molar-refractivity contribution is 0.336. The summed E-state index contributed by atoms with van der Waals surface area (Å²) in [5.41, 5.74) is 1.11. The molecule has 0 radical (unpaired) electrons. The molecule has 7 nitrogen and oxygen atoms in total. The maximum Gasteiger partial charge on any atom is 0.263 e. The molecule has 5 aromatic rings. The van der Waals surface area contributed by atoms with Gasteiger partial charge >= 0.3 is 0 Å². The minimum Gasteiger partial charge on any atom is -0.491 e. The van der Waals surface area contributed by atoms with E-state index < -0.39 is 0 Å². The van der Waals surface area contributed by atoms with Gasteiger partial charge in [0, 0.05) is 5.39 Å². The van der Waals surface area contributed by atoms with Gasteiger partial charge in [-0.1, -0.05) is 54.6 Å². The van der Waals surface area contributed by atoms with Crippen molar-refractivity contribution in [2.75, 3.05) is 18.5 Å². The van der Waals surface area contributed by atoms with E-state index in [1.807, 2.05) is 60.7 Å². The Bertz CT molecular complexity index is 1370. The van der Waals surface area contributed by atoms with Crippen LogP contribution in [0.15, 0.2) is 83.8 Å². The second kappa shape index (κ2) is 7.71. The molecule has 3 aromatic carbocycles. The molecule has 7 heteroatoms. The van der Waals surface area contributed by atoms with E-state index in [0.717, 1.165) is 22.2 Å². The number of para-hydroxylation sites is 1. The number of nitrogens with one attached hydrogen (secondary N) is 2. The highest BCUT2D eigenvalue weighted by molar-refractivity contribution is 5.88. The molecule has 0 amide bonds. The van der Waals surface area contributed by atoms with Gasteiger partial charge in [0.2, 0.25) is 5.95 Å². The van der Waals surface area contributed by atoms with E-state index in [9.17, 15) is 4.79 Å². The van der Waals surface area contributed by atoms with Crippen LogP contribution >= 0.6 is 0 Å². The van der Waals surface area contributed by atoms with Gasteiger partial charge in [0.25, 0.3) is 5.56 Å². The van der Waals surface area contributed by atoms with Crippen molar-refractivity contribution in [3.05, 3.63) is 89.3 Å². The number of aromatic amines is 1. The van der Waals surface area contributed by atoms with Gasteiger partial charge in [-0.15, -0.1) is 0 Å². The molecule has 0 unspecified atom stereocenters. The van der Waals surface area contributed by atoms with Crippen molar-refractivity contribution in [1.82, 2.24) is 19.7 Å². The first-order chi connectivity index (χ1) is 14.8. The van der Waals surface area contributed by atoms with Crippen LogP contribution in [-0.2, 0) is 0 Å². The number of hydrogen-bond acceptors (Lipinski definition) is 5. The molecule has 0 fully saturated rings. The number of hydrogen-bond donors (Lipinski definition) is 2. The lowest BCUT2D eigenvalue weighted by atomic mass is 10.1. The SMILES string of the molecule is O=c1[nH]c(NCCOc2cccc3ccccc23)nc2c1cnn2-c1ccccc1. The van der Waals surface area contributed by atoms with Gasteiger partial charge in [0.15, 0.2) is 5.65 Å². The Hall–Kier alpha value is -4.13. The van der Waals surface area contributed by atoms with Crippen LogP contribution in [0, 0.1) is 0 Å². The van der Waals surface area contributed by atoms with Gasteiger partial charge < -0.3 is 10.1 Å². The zero-order valence-corrected chi connectivity index (χ0v) is 16.1. The number of aromatic nitrogens is 4. The summed E-state index contributed by atoms with van der Waals surface area (Å²) in [6.07, 6.45) is 1.53. The highest BCUT2D eigenvalue weighted by atomic mass is 16.5. The Kier molecular flexibility index (Phi) is 4.61. The fourth-order valence-electron chi connectivity index (χ4n) is 3.41. The third-order valence-electron chi connectivity index (χ3n) is 4.84. The Balaban J connectivity index is 1.33. The Labute approximate surface area is 172 Å². The Morgan fingerprint density at radius 1 is 0.933 bits per heavy atom. The van der Waals surface area contributed by atoms with Crippen molar-refractivity contribution in [3.8, 4) is 11.4 Å². The number of ether oxygens (including phenoxy) is 1. The van der Waals surface area contributed by atoms with Gasteiger partial charge in [-0.25, -0.2) is 4.68 Å². The fraction of sp³-hybridized carbons (Fsp3) is 0.0870. The van der Waals surface area contributed by atoms with Crippen LogP contribution in [0.4, 0.5) is 5.95 Å². The van der Waals surface area contributed by atoms with Gasteiger partial charge in [0.05, 0.1) is 18.4 Å². The van der Waals surface area contributed by atoms with E-state index in [1.165, 1.54) is 6.20 Å². The fourth-order valence-corrected chi connectivity index (χ4v) is 3.41. The molecule has 0 spiro atoms. The van der Waals surface area contributed by atoms with Crippen LogP contribution in [0.5, 0.6) is 5.75 Å². The third-order valence-corrected chi connectivity index (χ3v) is 4.84. The summed E-state index contributed by atoms with van der Waals surface area (Å²) in [4.78, 5) is 19.7. The Morgan fingerprint density at radius 2 is 1.73 bits per heavy atom. The number of H-pyrrole nitrogens is 1. The second-order valence-corrected chi connectivity index (χ2v) is 6.80. The number of rotatable bonds is 6. The highest BCUT2D eigenvalue weighted by Gasteiger charge is 2.11. The zero-order chi connectivity index (χ0) is 20.3. The van der Waals surface area contributed by atoms with Gasteiger partial charge in [-0.2, -0.15) is 10.1 Å². The van der Waals surface area contributed by atoms with E-state index in [2.05, 4.69) is 32.5 Å². The smallest absolute Gasteiger partial charge is 0.263 e. The van der Waals surface area contributed by atoms with Crippen molar-refractivity contribution in [1.29, 1.82) is 0 Å². The molecule has 0 aliphatic heterocycles. The quantitative estimate of drug-likeness (QED) is 0.426. The van der Waals surface area contributed by atoms with Crippen LogP contribution in [0.2, 0.25) is 0 Å². The summed E-state index contributed by atoms with van der Waals surface area (Å²) in [7, 11) is 0. The van der Waals surface area contributed by atoms with Gasteiger partial charge in [0.1, 0.15) is 17.7 Å². The average molecular weight is 397 g/mol. The van der Waals surface area contributed by atoms with Crippen molar-refractivity contribution in [2.45, 2.75) is 0 Å². The summed E-state index contributed by atoms with van der Waals surface area (Å²) >= 11 is 0. The molecule has 0 saturated carbocycles. The molecule has 0 bridgehead atoms. The monoisotopic (exact) mass is 397 g/mol. The topological polar surface area (TPSA) is 84.8 Å². The van der Waals surface area contributed by atoms with E-state index in [-0.39, 0.29) is 5.56 Å². The number of benzene rings is 3. The molecule has 148 valence electrons. The lowest BCUT2D eigenvalue weighted by Gasteiger charge is -2.10. The molecular weight excluding hydrogens is 378 g/mol. The molecule has 0 aliphatic rings. The first kappa shape index (κ1) is 17.9. The van der Waals surface area contributed by atoms with E-state index in [4.69, 9.17) is 4.74 Å². The van der Waals surface area contributed by atoms with E-state index in [1.54, 1.807) is 4.68 Å². The van der Waals surface area contributed by atoms with Gasteiger partial charge in [-0.3, -0.25) is 9.78 Å². The minimum absolute atomic E-state index is 0.236. The predicted molar refractivity (Wildman–Crippen MR) is 117 cm³/mol. The van der Waals surface area contributed by atoms with Crippen LogP contribution in [0.1, 0.15) is 0 Å². The molecular formula is C23H19N5O2. The molecule has 0 atom stereocenters. The lowest BCUT2D eigenvalue weighted by Crippen LogP contribution is -2.17. The van der Waals surface area contributed by atoms with Crippen LogP contribution in [0.3, 0.4) is 0 Å². The maximum absolute atomic E-state index is 12.4. The largest absolute Gasteiger partial charge is 0.491 e. The third kappa shape index (κ3) is 3.37. The molecule has 0 aliphatic carbocycles. The first-order valence-corrected chi connectivity index (χ1v) is 9.67. The summed E-state index contributed by atoms with van der Waals surface area (Å²) in [5, 5.41) is 10.1. The summed E-state index contributed by atoms with van der Waals surface area (Å²) < 4.78 is 7.59. The molecule has 5 rings (SSSR count). The van der Waals surface area contributed by atoms with E-state index in [0.29, 0.717) is 30.1 Å². The summed E-state index contributed by atoms with van der Waals surface area (Å²) in [6.45, 7) is 0.908. The highest BCUT2D eigenvalue weighted by Crippen LogP contribution is 2.25. The van der Waals surface area contributed by atoms with Crippen LogP contribution < -0.4 is 15.6 Å². The van der Waals surface area contributed by atoms with Crippen molar-refractivity contribution in [3.63, 3.8) is 0 Å². The Morgan fingerprint density at radius 3 is 2.63 bits per heavy atom. The summed E-state index contributed by atoms with van der Waals surface area (Å²) in [6, 6.07) is 23.7. The zero-order valence-electron chi connectivity index (χ0n) is 16.1. The number of fused-ring (bicyclic) bond motifs is 2. The molecule has 0 saturated heterocycles. The predicted octanol–water partition coefficient (Wildman–Crippen LogP) is 3.75.